The van der Waals surface area contributed by atoms with Gasteiger partial charge in [0.15, 0.2) is 0 Å². The number of amides is 3. The van der Waals surface area contributed by atoms with Gasteiger partial charge < -0.3 is 10.1 Å². The van der Waals surface area contributed by atoms with Gasteiger partial charge in [0.05, 0.1) is 30.3 Å². The highest BCUT2D eigenvalue weighted by molar-refractivity contribution is 6.22. The SMILES string of the molecule is COc1ccc(N2C(=O)[C@H]3CCCC[C@@H]3C2=O)cc1NC(=O)c1ccccc1. The molecule has 2 atom stereocenters. The average molecular weight is 378 g/mol. The second-order valence-corrected chi connectivity index (χ2v) is 7.21. The molecular weight excluding hydrogens is 356 g/mol. The van der Waals surface area contributed by atoms with E-state index in [0.29, 0.717) is 22.7 Å². The zero-order chi connectivity index (χ0) is 19.7. The Morgan fingerprint density at radius 1 is 1.00 bits per heavy atom. The third-order valence-corrected chi connectivity index (χ3v) is 5.57. The van der Waals surface area contributed by atoms with Crippen molar-refractivity contribution in [2.45, 2.75) is 25.7 Å². The number of nitrogens with one attached hydrogen (secondary N) is 1. The van der Waals surface area contributed by atoms with E-state index < -0.39 is 0 Å². The van der Waals surface area contributed by atoms with Gasteiger partial charge in [-0.15, -0.1) is 0 Å². The first-order valence-corrected chi connectivity index (χ1v) is 9.52. The predicted octanol–water partition coefficient (Wildman–Crippen LogP) is 3.63. The molecule has 0 radical (unpaired) electrons. The van der Waals surface area contributed by atoms with Crippen LogP contribution in [0.5, 0.6) is 5.75 Å². The zero-order valence-electron chi connectivity index (χ0n) is 15.7. The molecule has 0 spiro atoms. The summed E-state index contributed by atoms with van der Waals surface area (Å²) < 4.78 is 5.34. The van der Waals surface area contributed by atoms with Crippen LogP contribution < -0.4 is 15.0 Å². The molecule has 2 aliphatic rings. The predicted molar refractivity (Wildman–Crippen MR) is 105 cm³/mol. The minimum atomic E-state index is -0.288. The first kappa shape index (κ1) is 18.2. The summed E-state index contributed by atoms with van der Waals surface area (Å²) in [5, 5.41) is 2.82. The zero-order valence-corrected chi connectivity index (χ0v) is 15.7. The van der Waals surface area contributed by atoms with Crippen LogP contribution in [-0.4, -0.2) is 24.8 Å². The van der Waals surface area contributed by atoms with Crippen LogP contribution in [0.1, 0.15) is 36.0 Å². The number of hydrogen-bond acceptors (Lipinski definition) is 4. The van der Waals surface area contributed by atoms with Crippen molar-refractivity contribution in [1.82, 2.24) is 0 Å². The average Bonchev–Trinajstić information content (AvgIpc) is 2.99. The standard InChI is InChI=1S/C22H22N2O4/c1-28-19-12-11-15(13-18(19)23-20(25)14-7-3-2-4-8-14)24-21(26)16-9-5-6-10-17(16)22(24)27/h2-4,7-8,11-13,16-17H,5-6,9-10H2,1H3,(H,23,25)/t16-,17-/m0/s1. The number of methoxy groups -OCH3 is 1. The molecule has 1 N–H and O–H groups in total. The van der Waals surface area contributed by atoms with Crippen LogP contribution in [0.25, 0.3) is 0 Å². The number of hydrogen-bond donors (Lipinski definition) is 1. The molecule has 3 amide bonds. The Morgan fingerprint density at radius 3 is 2.25 bits per heavy atom. The van der Waals surface area contributed by atoms with E-state index in [-0.39, 0.29) is 29.6 Å². The maximum Gasteiger partial charge on any atom is 0.255 e. The molecule has 0 bridgehead atoms. The van der Waals surface area contributed by atoms with Gasteiger partial charge in [-0.25, -0.2) is 4.90 Å². The van der Waals surface area contributed by atoms with Crippen molar-refractivity contribution < 1.29 is 19.1 Å². The van der Waals surface area contributed by atoms with Crippen molar-refractivity contribution in [3.8, 4) is 5.75 Å². The highest BCUT2D eigenvalue weighted by Crippen LogP contribution is 2.41. The molecule has 4 rings (SSSR count). The molecule has 28 heavy (non-hydrogen) atoms. The van der Waals surface area contributed by atoms with E-state index in [9.17, 15) is 14.4 Å². The molecular formula is C22H22N2O4. The van der Waals surface area contributed by atoms with E-state index in [2.05, 4.69) is 5.32 Å². The second kappa shape index (κ2) is 7.46. The highest BCUT2D eigenvalue weighted by Gasteiger charge is 2.48. The number of imide groups is 1. The number of carbonyl (C=O) groups excluding carboxylic acids is 3. The lowest BCUT2D eigenvalue weighted by Gasteiger charge is -2.19. The Kier molecular flexibility index (Phi) is 4.86. The van der Waals surface area contributed by atoms with Crippen LogP contribution in [-0.2, 0) is 9.59 Å². The summed E-state index contributed by atoms with van der Waals surface area (Å²) in [5.74, 6) is -0.537. The van der Waals surface area contributed by atoms with Crippen molar-refractivity contribution in [3.05, 3.63) is 54.1 Å². The molecule has 1 aliphatic heterocycles. The second-order valence-electron chi connectivity index (χ2n) is 7.21. The van der Waals surface area contributed by atoms with Gasteiger partial charge >= 0.3 is 0 Å². The van der Waals surface area contributed by atoms with Crippen molar-refractivity contribution in [2.75, 3.05) is 17.3 Å². The molecule has 6 heteroatoms. The lowest BCUT2D eigenvalue weighted by molar-refractivity contribution is -0.122. The first-order chi connectivity index (χ1) is 13.6. The van der Waals surface area contributed by atoms with Crippen molar-refractivity contribution in [3.63, 3.8) is 0 Å². The van der Waals surface area contributed by atoms with Gasteiger partial charge in [0.2, 0.25) is 11.8 Å². The van der Waals surface area contributed by atoms with Gasteiger partial charge in [-0.05, 0) is 43.2 Å². The van der Waals surface area contributed by atoms with E-state index in [1.807, 2.05) is 6.07 Å². The molecule has 144 valence electrons. The molecule has 6 nitrogen and oxygen atoms in total. The number of rotatable bonds is 4. The number of fused-ring (bicyclic) bond motifs is 1. The Morgan fingerprint density at radius 2 is 1.64 bits per heavy atom. The summed E-state index contributed by atoms with van der Waals surface area (Å²) >= 11 is 0. The molecule has 1 saturated carbocycles. The lowest BCUT2D eigenvalue weighted by atomic mass is 9.81. The molecule has 0 aromatic heterocycles. The topological polar surface area (TPSA) is 75.7 Å². The molecule has 0 unspecified atom stereocenters. The fourth-order valence-electron chi connectivity index (χ4n) is 4.13. The van der Waals surface area contributed by atoms with E-state index in [0.717, 1.165) is 25.7 Å². The van der Waals surface area contributed by atoms with Crippen LogP contribution in [0.4, 0.5) is 11.4 Å². The van der Waals surface area contributed by atoms with E-state index in [1.165, 1.54) is 12.0 Å². The fraction of sp³-hybridized carbons (Fsp3) is 0.318. The third-order valence-electron chi connectivity index (χ3n) is 5.57. The summed E-state index contributed by atoms with van der Waals surface area (Å²) in [4.78, 5) is 39.5. The summed E-state index contributed by atoms with van der Waals surface area (Å²) in [5.41, 5.74) is 1.40. The molecule has 1 aliphatic carbocycles. The molecule has 2 fully saturated rings. The van der Waals surface area contributed by atoms with Crippen LogP contribution >= 0.6 is 0 Å². The smallest absolute Gasteiger partial charge is 0.255 e. The maximum atomic E-state index is 12.8. The van der Waals surface area contributed by atoms with Crippen molar-refractivity contribution in [2.24, 2.45) is 11.8 Å². The molecule has 2 aromatic carbocycles. The maximum absolute atomic E-state index is 12.8. The van der Waals surface area contributed by atoms with Crippen molar-refractivity contribution in [1.29, 1.82) is 0 Å². The normalized spacial score (nSPS) is 21.4. The van der Waals surface area contributed by atoms with Gasteiger partial charge in [0.1, 0.15) is 5.75 Å². The number of nitrogens with zero attached hydrogens (tertiary/aromatic N) is 1. The fourth-order valence-corrected chi connectivity index (χ4v) is 4.13. The summed E-state index contributed by atoms with van der Waals surface area (Å²) in [6.45, 7) is 0. The lowest BCUT2D eigenvalue weighted by Crippen LogP contribution is -2.31. The first-order valence-electron chi connectivity index (χ1n) is 9.52. The van der Waals surface area contributed by atoms with Gasteiger partial charge in [0.25, 0.3) is 5.91 Å². The summed E-state index contributed by atoms with van der Waals surface area (Å²) in [6, 6.07) is 13.8. The highest BCUT2D eigenvalue weighted by atomic mass is 16.5. The van der Waals surface area contributed by atoms with E-state index >= 15 is 0 Å². The van der Waals surface area contributed by atoms with Gasteiger partial charge in [-0.3, -0.25) is 14.4 Å². The summed E-state index contributed by atoms with van der Waals surface area (Å²) in [7, 11) is 1.51. The molecule has 2 aromatic rings. The minimum absolute atomic E-state index is 0.139. The monoisotopic (exact) mass is 378 g/mol. The molecule has 1 heterocycles. The number of ether oxygens (including phenoxy) is 1. The van der Waals surface area contributed by atoms with E-state index in [1.54, 1.807) is 42.5 Å². The van der Waals surface area contributed by atoms with E-state index in [4.69, 9.17) is 4.74 Å². The number of carbonyl (C=O) groups is 3. The minimum Gasteiger partial charge on any atom is -0.495 e. The Hall–Kier alpha value is -3.15. The number of benzene rings is 2. The van der Waals surface area contributed by atoms with Crippen LogP contribution in [0.3, 0.4) is 0 Å². The van der Waals surface area contributed by atoms with Gasteiger partial charge in [-0.2, -0.15) is 0 Å². The van der Waals surface area contributed by atoms with Crippen molar-refractivity contribution >= 4 is 29.1 Å². The largest absolute Gasteiger partial charge is 0.495 e. The van der Waals surface area contributed by atoms with Crippen LogP contribution in [0.15, 0.2) is 48.5 Å². The summed E-state index contributed by atoms with van der Waals surface area (Å²) in [6.07, 6.45) is 3.49. The molecule has 1 saturated heterocycles. The van der Waals surface area contributed by atoms with Crippen LogP contribution in [0, 0.1) is 11.8 Å². The quantitative estimate of drug-likeness (QED) is 0.825. The van der Waals surface area contributed by atoms with Gasteiger partial charge in [0, 0.05) is 5.56 Å². The Balaban J connectivity index is 1.64. The Labute approximate surface area is 163 Å². The van der Waals surface area contributed by atoms with Gasteiger partial charge in [-0.1, -0.05) is 31.0 Å². The Bertz CT molecular complexity index is 901. The van der Waals surface area contributed by atoms with Crippen LogP contribution in [0.2, 0.25) is 0 Å². The number of anilines is 2. The third kappa shape index (κ3) is 3.15.